The molecule has 2 amide bonds. The number of carboxylic acids is 1. The molecule has 0 saturated carbocycles. The van der Waals surface area contributed by atoms with E-state index >= 15 is 0 Å². The molecule has 0 spiro atoms. The minimum atomic E-state index is -1.09. The standard InChI is InChI=1S/C12H20N2O5/c1-12(10(16)17)7-19-6-9(12)13-11(18)14-4-2-3-8(15)5-14/h8-9,15H,2-7H2,1H3,(H,13,18)(H,16,17). The molecule has 2 rings (SSSR count). The Morgan fingerprint density at radius 3 is 2.84 bits per heavy atom. The molecule has 0 aliphatic carbocycles. The quantitative estimate of drug-likeness (QED) is 0.637. The van der Waals surface area contributed by atoms with E-state index in [9.17, 15) is 19.8 Å². The molecule has 3 unspecified atom stereocenters. The SMILES string of the molecule is CC1(C(=O)O)COCC1NC(=O)N1CCCC(O)C1. The Hall–Kier alpha value is -1.34. The van der Waals surface area contributed by atoms with Crippen molar-refractivity contribution in [2.75, 3.05) is 26.3 Å². The number of hydrogen-bond acceptors (Lipinski definition) is 4. The number of ether oxygens (including phenoxy) is 1. The van der Waals surface area contributed by atoms with Crippen LogP contribution in [0.5, 0.6) is 0 Å². The fraction of sp³-hybridized carbons (Fsp3) is 0.833. The molecule has 2 aliphatic rings. The second-order valence-corrected chi connectivity index (χ2v) is 5.48. The van der Waals surface area contributed by atoms with Crippen LogP contribution in [0.25, 0.3) is 0 Å². The van der Waals surface area contributed by atoms with Crippen LogP contribution in [-0.4, -0.2) is 65.6 Å². The molecule has 2 saturated heterocycles. The number of nitrogens with one attached hydrogen (secondary N) is 1. The second-order valence-electron chi connectivity index (χ2n) is 5.48. The summed E-state index contributed by atoms with van der Waals surface area (Å²) in [6.45, 7) is 2.74. The fourth-order valence-electron chi connectivity index (χ4n) is 2.46. The van der Waals surface area contributed by atoms with Crippen LogP contribution in [0.2, 0.25) is 0 Å². The van der Waals surface area contributed by atoms with Gasteiger partial charge in [-0.15, -0.1) is 0 Å². The molecule has 0 bridgehead atoms. The van der Waals surface area contributed by atoms with Gasteiger partial charge in [-0.3, -0.25) is 4.79 Å². The zero-order valence-corrected chi connectivity index (χ0v) is 11.0. The van der Waals surface area contributed by atoms with Gasteiger partial charge >= 0.3 is 12.0 Å². The van der Waals surface area contributed by atoms with Crippen molar-refractivity contribution < 1.29 is 24.5 Å². The van der Waals surface area contributed by atoms with Crippen molar-refractivity contribution in [2.24, 2.45) is 5.41 Å². The fourth-order valence-corrected chi connectivity index (χ4v) is 2.46. The monoisotopic (exact) mass is 272 g/mol. The van der Waals surface area contributed by atoms with Gasteiger partial charge in [-0.1, -0.05) is 0 Å². The zero-order valence-electron chi connectivity index (χ0n) is 11.0. The van der Waals surface area contributed by atoms with E-state index in [1.807, 2.05) is 0 Å². The third-order valence-corrected chi connectivity index (χ3v) is 3.93. The Morgan fingerprint density at radius 1 is 1.47 bits per heavy atom. The summed E-state index contributed by atoms with van der Waals surface area (Å²) in [5.74, 6) is -0.978. The van der Waals surface area contributed by atoms with Crippen LogP contribution in [0, 0.1) is 5.41 Å². The van der Waals surface area contributed by atoms with Gasteiger partial charge in [0.25, 0.3) is 0 Å². The first kappa shape index (κ1) is 14.1. The van der Waals surface area contributed by atoms with E-state index in [1.54, 1.807) is 6.92 Å². The lowest BCUT2D eigenvalue weighted by atomic mass is 9.85. The molecule has 2 aliphatic heterocycles. The number of carbonyl (C=O) groups is 2. The maximum absolute atomic E-state index is 12.1. The Kier molecular flexibility index (Phi) is 3.96. The predicted octanol–water partition coefficient (Wildman–Crippen LogP) is -0.358. The number of nitrogens with zero attached hydrogens (tertiary/aromatic N) is 1. The van der Waals surface area contributed by atoms with Gasteiger partial charge in [0.2, 0.25) is 0 Å². The van der Waals surface area contributed by atoms with Crippen LogP contribution in [0.3, 0.4) is 0 Å². The third-order valence-electron chi connectivity index (χ3n) is 3.93. The van der Waals surface area contributed by atoms with E-state index in [0.29, 0.717) is 19.5 Å². The summed E-state index contributed by atoms with van der Waals surface area (Å²) in [6.07, 6.45) is 0.958. The maximum Gasteiger partial charge on any atom is 0.317 e. The highest BCUT2D eigenvalue weighted by Crippen LogP contribution is 2.29. The van der Waals surface area contributed by atoms with Crippen molar-refractivity contribution in [3.63, 3.8) is 0 Å². The van der Waals surface area contributed by atoms with Gasteiger partial charge in [0.1, 0.15) is 5.41 Å². The normalized spacial score (nSPS) is 35.2. The average Bonchev–Trinajstić information content (AvgIpc) is 2.72. The van der Waals surface area contributed by atoms with Gasteiger partial charge in [-0.2, -0.15) is 0 Å². The molecule has 3 atom stereocenters. The number of hydrogen-bond donors (Lipinski definition) is 3. The van der Waals surface area contributed by atoms with Crippen LogP contribution < -0.4 is 5.32 Å². The molecule has 0 aromatic rings. The number of piperidine rings is 1. The number of amides is 2. The number of urea groups is 1. The van der Waals surface area contributed by atoms with Crippen molar-refractivity contribution in [1.82, 2.24) is 10.2 Å². The number of carbonyl (C=O) groups excluding carboxylic acids is 1. The van der Waals surface area contributed by atoms with Crippen LogP contribution in [0.1, 0.15) is 19.8 Å². The van der Waals surface area contributed by atoms with Gasteiger partial charge in [0, 0.05) is 13.1 Å². The molecule has 0 aromatic carbocycles. The Labute approximate surface area is 111 Å². The number of rotatable bonds is 2. The van der Waals surface area contributed by atoms with E-state index in [0.717, 1.165) is 6.42 Å². The van der Waals surface area contributed by atoms with Crippen LogP contribution in [0.15, 0.2) is 0 Å². The number of aliphatic carboxylic acids is 1. The highest BCUT2D eigenvalue weighted by atomic mass is 16.5. The van der Waals surface area contributed by atoms with Crippen molar-refractivity contribution in [3.05, 3.63) is 0 Å². The van der Waals surface area contributed by atoms with E-state index in [4.69, 9.17) is 4.74 Å². The number of aliphatic hydroxyl groups is 1. The summed E-state index contributed by atoms with van der Waals surface area (Å²) in [5.41, 5.74) is -1.09. The second kappa shape index (κ2) is 5.34. The average molecular weight is 272 g/mol. The topological polar surface area (TPSA) is 99.1 Å². The highest BCUT2D eigenvalue weighted by molar-refractivity contribution is 5.79. The number of likely N-dealkylation sites (tertiary alicyclic amines) is 1. The van der Waals surface area contributed by atoms with Crippen molar-refractivity contribution >= 4 is 12.0 Å². The number of β-amino-alcohol motifs (C(OH)–C–C–N with tert-alkyl or cyclic N) is 1. The first-order valence-corrected chi connectivity index (χ1v) is 6.48. The molecular weight excluding hydrogens is 252 g/mol. The Bertz CT molecular complexity index is 375. The van der Waals surface area contributed by atoms with Crippen molar-refractivity contribution in [2.45, 2.75) is 31.9 Å². The van der Waals surface area contributed by atoms with Crippen LogP contribution >= 0.6 is 0 Å². The maximum atomic E-state index is 12.1. The smallest absolute Gasteiger partial charge is 0.317 e. The summed E-state index contributed by atoms with van der Waals surface area (Å²) < 4.78 is 5.18. The largest absolute Gasteiger partial charge is 0.481 e. The molecule has 19 heavy (non-hydrogen) atoms. The van der Waals surface area contributed by atoms with E-state index < -0.39 is 23.5 Å². The van der Waals surface area contributed by atoms with Crippen molar-refractivity contribution in [1.29, 1.82) is 0 Å². The van der Waals surface area contributed by atoms with Gasteiger partial charge in [-0.25, -0.2) is 4.79 Å². The third kappa shape index (κ3) is 2.82. The molecule has 0 aromatic heterocycles. The molecule has 108 valence electrons. The minimum absolute atomic E-state index is 0.0932. The molecule has 7 heteroatoms. The van der Waals surface area contributed by atoms with E-state index in [2.05, 4.69) is 5.32 Å². The molecule has 7 nitrogen and oxygen atoms in total. The van der Waals surface area contributed by atoms with Gasteiger partial charge in [0.15, 0.2) is 0 Å². The lowest BCUT2D eigenvalue weighted by Gasteiger charge is -2.33. The Balaban J connectivity index is 1.96. The predicted molar refractivity (Wildman–Crippen MR) is 65.7 cm³/mol. The Morgan fingerprint density at radius 2 is 2.21 bits per heavy atom. The van der Waals surface area contributed by atoms with E-state index in [1.165, 1.54) is 4.90 Å². The first-order valence-electron chi connectivity index (χ1n) is 6.48. The van der Waals surface area contributed by atoms with Crippen molar-refractivity contribution in [3.8, 4) is 0 Å². The van der Waals surface area contributed by atoms with Gasteiger partial charge in [0.05, 0.1) is 25.4 Å². The summed E-state index contributed by atoms with van der Waals surface area (Å²) in [4.78, 5) is 24.8. The van der Waals surface area contributed by atoms with Crippen LogP contribution in [0.4, 0.5) is 4.79 Å². The molecule has 2 heterocycles. The lowest BCUT2D eigenvalue weighted by Crippen LogP contribution is -2.55. The highest BCUT2D eigenvalue weighted by Gasteiger charge is 2.47. The van der Waals surface area contributed by atoms with Gasteiger partial charge in [-0.05, 0) is 19.8 Å². The van der Waals surface area contributed by atoms with Crippen LogP contribution in [-0.2, 0) is 9.53 Å². The zero-order chi connectivity index (χ0) is 14.0. The van der Waals surface area contributed by atoms with Gasteiger partial charge < -0.3 is 25.2 Å². The summed E-state index contributed by atoms with van der Waals surface area (Å²) in [6, 6.07) is -0.877. The molecule has 2 fully saturated rings. The molecular formula is C12H20N2O5. The summed E-state index contributed by atoms with van der Waals surface area (Å²) >= 11 is 0. The number of aliphatic hydroxyl groups excluding tert-OH is 1. The first-order chi connectivity index (χ1) is 8.93. The van der Waals surface area contributed by atoms with E-state index in [-0.39, 0.29) is 19.2 Å². The lowest BCUT2D eigenvalue weighted by molar-refractivity contribution is -0.148. The minimum Gasteiger partial charge on any atom is -0.481 e. The number of carboxylic acid groups (broad SMARTS) is 1. The summed E-state index contributed by atoms with van der Waals surface area (Å²) in [5, 5.41) is 21.5. The summed E-state index contributed by atoms with van der Waals surface area (Å²) in [7, 11) is 0. The molecule has 3 N–H and O–H groups in total. The molecule has 0 radical (unpaired) electrons.